The van der Waals surface area contributed by atoms with Crippen molar-refractivity contribution in [3.63, 3.8) is 0 Å². The molecule has 0 aromatic carbocycles. The molecule has 0 spiro atoms. The number of thiophene rings is 1. The van der Waals surface area contributed by atoms with E-state index in [1.807, 2.05) is 0 Å². The number of likely N-dealkylation sites (N-methyl/N-ethyl adjacent to an activating group) is 1. The molecule has 1 saturated carbocycles. The summed E-state index contributed by atoms with van der Waals surface area (Å²) in [5, 5.41) is 6.97. The average molecular weight is 334 g/mol. The van der Waals surface area contributed by atoms with Crippen molar-refractivity contribution in [2.75, 3.05) is 32.6 Å². The molecule has 0 aliphatic heterocycles. The molecule has 0 atom stereocenters. The van der Waals surface area contributed by atoms with Gasteiger partial charge in [0.15, 0.2) is 0 Å². The Morgan fingerprint density at radius 2 is 2.04 bits per heavy atom. The van der Waals surface area contributed by atoms with Crippen LogP contribution in [0.2, 0.25) is 0 Å². The largest absolute Gasteiger partial charge is 0.377 e. The lowest BCUT2D eigenvalue weighted by Crippen LogP contribution is -2.31. The minimum absolute atomic E-state index is 0.418. The van der Waals surface area contributed by atoms with E-state index in [1.165, 1.54) is 10.9 Å². The van der Waals surface area contributed by atoms with E-state index in [2.05, 4.69) is 46.6 Å². The van der Waals surface area contributed by atoms with E-state index in [4.69, 9.17) is 4.74 Å². The first-order valence-corrected chi connectivity index (χ1v) is 9.23. The van der Waals surface area contributed by atoms with E-state index in [9.17, 15) is 0 Å². The second kappa shape index (κ2) is 7.55. The highest BCUT2D eigenvalue weighted by atomic mass is 32.1. The molecule has 23 heavy (non-hydrogen) atoms. The lowest BCUT2D eigenvalue weighted by molar-refractivity contribution is 0.0196. The predicted molar refractivity (Wildman–Crippen MR) is 96.3 cm³/mol. The SMILES string of the molecule is Cc1csc2ncnc(NC3CCC(OCCN(C)C)CC3)c12. The van der Waals surface area contributed by atoms with Crippen molar-refractivity contribution in [1.29, 1.82) is 0 Å². The van der Waals surface area contributed by atoms with Crippen molar-refractivity contribution >= 4 is 27.4 Å². The number of nitrogens with zero attached hydrogens (tertiary/aromatic N) is 3. The van der Waals surface area contributed by atoms with Crippen LogP contribution >= 0.6 is 11.3 Å². The van der Waals surface area contributed by atoms with Crippen LogP contribution in [-0.4, -0.2) is 54.3 Å². The summed E-state index contributed by atoms with van der Waals surface area (Å²) in [6, 6.07) is 0.487. The van der Waals surface area contributed by atoms with Gasteiger partial charge in [-0.15, -0.1) is 11.3 Å². The van der Waals surface area contributed by atoms with Gasteiger partial charge >= 0.3 is 0 Å². The third kappa shape index (κ3) is 4.19. The fraction of sp³-hybridized carbons (Fsp3) is 0.647. The predicted octanol–water partition coefficient (Wildman–Crippen LogP) is 3.30. The number of aryl methyl sites for hydroxylation is 1. The topological polar surface area (TPSA) is 50.3 Å². The fourth-order valence-electron chi connectivity index (χ4n) is 3.10. The number of rotatable bonds is 6. The minimum atomic E-state index is 0.418. The van der Waals surface area contributed by atoms with Crippen LogP contribution in [0.4, 0.5) is 5.82 Å². The zero-order valence-electron chi connectivity index (χ0n) is 14.2. The highest BCUT2D eigenvalue weighted by Crippen LogP contribution is 2.31. The third-order valence-corrected chi connectivity index (χ3v) is 5.47. The monoisotopic (exact) mass is 334 g/mol. The first kappa shape index (κ1) is 16.6. The second-order valence-electron chi connectivity index (χ2n) is 6.61. The van der Waals surface area contributed by atoms with E-state index in [1.54, 1.807) is 17.7 Å². The third-order valence-electron chi connectivity index (χ3n) is 4.46. The molecule has 0 bridgehead atoms. The van der Waals surface area contributed by atoms with E-state index in [0.717, 1.165) is 49.5 Å². The summed E-state index contributed by atoms with van der Waals surface area (Å²) in [7, 11) is 4.16. The van der Waals surface area contributed by atoms with Crippen LogP contribution in [0.15, 0.2) is 11.7 Å². The molecule has 1 fully saturated rings. The molecular formula is C17H26N4OS. The lowest BCUT2D eigenvalue weighted by Gasteiger charge is -2.30. The highest BCUT2D eigenvalue weighted by Gasteiger charge is 2.22. The summed E-state index contributed by atoms with van der Waals surface area (Å²) in [6.07, 6.45) is 6.62. The Morgan fingerprint density at radius 3 is 2.78 bits per heavy atom. The number of nitrogens with one attached hydrogen (secondary N) is 1. The van der Waals surface area contributed by atoms with Crippen molar-refractivity contribution in [2.45, 2.75) is 44.8 Å². The van der Waals surface area contributed by atoms with Crippen LogP contribution < -0.4 is 5.32 Å². The van der Waals surface area contributed by atoms with Gasteiger partial charge in [-0.3, -0.25) is 0 Å². The quantitative estimate of drug-likeness (QED) is 0.878. The van der Waals surface area contributed by atoms with Crippen LogP contribution in [-0.2, 0) is 4.74 Å². The van der Waals surface area contributed by atoms with Crippen molar-refractivity contribution < 1.29 is 4.74 Å². The zero-order valence-corrected chi connectivity index (χ0v) is 15.0. The van der Waals surface area contributed by atoms with Gasteiger partial charge in [0.2, 0.25) is 0 Å². The van der Waals surface area contributed by atoms with E-state index < -0.39 is 0 Å². The fourth-order valence-corrected chi connectivity index (χ4v) is 3.99. The summed E-state index contributed by atoms with van der Waals surface area (Å²) in [5.74, 6) is 0.991. The number of fused-ring (bicyclic) bond motifs is 1. The van der Waals surface area contributed by atoms with Crippen LogP contribution in [0.5, 0.6) is 0 Å². The van der Waals surface area contributed by atoms with E-state index in [-0.39, 0.29) is 0 Å². The summed E-state index contributed by atoms with van der Waals surface area (Å²) in [6.45, 7) is 3.95. The van der Waals surface area contributed by atoms with Gasteiger partial charge in [0, 0.05) is 12.6 Å². The van der Waals surface area contributed by atoms with Gasteiger partial charge in [-0.2, -0.15) is 0 Å². The van der Waals surface area contributed by atoms with Gasteiger partial charge in [0.05, 0.1) is 18.1 Å². The number of anilines is 1. The molecular weight excluding hydrogens is 308 g/mol. The summed E-state index contributed by atoms with van der Waals surface area (Å²) >= 11 is 1.69. The number of ether oxygens (including phenoxy) is 1. The van der Waals surface area contributed by atoms with Gasteiger partial charge in [0.25, 0.3) is 0 Å². The molecule has 2 aromatic heterocycles. The van der Waals surface area contributed by atoms with Crippen LogP contribution in [0, 0.1) is 6.92 Å². The maximum absolute atomic E-state index is 5.98. The Kier molecular flexibility index (Phi) is 5.46. The zero-order chi connectivity index (χ0) is 16.2. The van der Waals surface area contributed by atoms with Crippen molar-refractivity contribution in [2.24, 2.45) is 0 Å². The summed E-state index contributed by atoms with van der Waals surface area (Å²) < 4.78 is 5.98. The van der Waals surface area contributed by atoms with Crippen molar-refractivity contribution in [1.82, 2.24) is 14.9 Å². The van der Waals surface area contributed by atoms with Gasteiger partial charge in [-0.1, -0.05) is 0 Å². The molecule has 3 rings (SSSR count). The molecule has 0 radical (unpaired) electrons. The van der Waals surface area contributed by atoms with Crippen molar-refractivity contribution in [3.05, 3.63) is 17.3 Å². The van der Waals surface area contributed by atoms with Crippen LogP contribution in [0.3, 0.4) is 0 Å². The molecule has 0 amide bonds. The molecule has 1 aliphatic carbocycles. The number of aromatic nitrogens is 2. The Bertz CT molecular complexity index is 635. The average Bonchev–Trinajstić information content (AvgIpc) is 2.91. The molecule has 5 nitrogen and oxygen atoms in total. The first-order chi connectivity index (χ1) is 11.1. The number of hydrogen-bond donors (Lipinski definition) is 1. The normalized spacial score (nSPS) is 21.9. The smallest absolute Gasteiger partial charge is 0.138 e. The maximum atomic E-state index is 5.98. The Morgan fingerprint density at radius 1 is 1.26 bits per heavy atom. The minimum Gasteiger partial charge on any atom is -0.377 e. The van der Waals surface area contributed by atoms with Gasteiger partial charge in [0.1, 0.15) is 17.0 Å². The Hall–Kier alpha value is -1.24. The second-order valence-corrected chi connectivity index (χ2v) is 7.47. The molecule has 0 unspecified atom stereocenters. The van der Waals surface area contributed by atoms with Crippen molar-refractivity contribution in [3.8, 4) is 0 Å². The molecule has 0 saturated heterocycles. The van der Waals surface area contributed by atoms with E-state index in [0.29, 0.717) is 12.1 Å². The summed E-state index contributed by atoms with van der Waals surface area (Å²) in [4.78, 5) is 12.1. The number of hydrogen-bond acceptors (Lipinski definition) is 6. The maximum Gasteiger partial charge on any atom is 0.138 e. The van der Waals surface area contributed by atoms with Crippen LogP contribution in [0.25, 0.3) is 10.2 Å². The molecule has 1 aliphatic rings. The van der Waals surface area contributed by atoms with Gasteiger partial charge in [-0.05, 0) is 57.6 Å². The van der Waals surface area contributed by atoms with Gasteiger partial charge in [-0.25, -0.2) is 9.97 Å². The van der Waals surface area contributed by atoms with Crippen LogP contribution in [0.1, 0.15) is 31.2 Å². The molecule has 126 valence electrons. The lowest BCUT2D eigenvalue weighted by atomic mass is 9.93. The molecule has 6 heteroatoms. The molecule has 2 aromatic rings. The first-order valence-electron chi connectivity index (χ1n) is 8.35. The van der Waals surface area contributed by atoms with E-state index >= 15 is 0 Å². The Labute approximate surface area is 142 Å². The molecule has 2 heterocycles. The summed E-state index contributed by atoms with van der Waals surface area (Å²) in [5.41, 5.74) is 1.26. The molecule has 1 N–H and O–H groups in total. The Balaban J connectivity index is 1.53. The highest BCUT2D eigenvalue weighted by molar-refractivity contribution is 7.17. The standard InChI is InChI=1S/C17H26N4OS/c1-12-10-23-17-15(12)16(18-11-19-17)20-13-4-6-14(7-5-13)22-9-8-21(2)3/h10-11,13-14H,4-9H2,1-3H3,(H,18,19,20). The van der Waals surface area contributed by atoms with Gasteiger partial charge < -0.3 is 15.0 Å².